The highest BCUT2D eigenvalue weighted by molar-refractivity contribution is 6.34. The van der Waals surface area contributed by atoms with Crippen molar-refractivity contribution in [2.24, 2.45) is 0 Å². The number of anilines is 2. The number of aromatic nitrogens is 4. The molecule has 0 saturated carbocycles. The summed E-state index contributed by atoms with van der Waals surface area (Å²) in [6.45, 7) is -0.514. The maximum atomic E-state index is 16.0. The van der Waals surface area contributed by atoms with Gasteiger partial charge in [0.1, 0.15) is 11.3 Å². The minimum atomic E-state index is -3.00. The topological polar surface area (TPSA) is 105 Å². The Balaban J connectivity index is 1.76. The van der Waals surface area contributed by atoms with Gasteiger partial charge in [0, 0.05) is 29.6 Å². The number of methoxy groups -OCH3 is 1. The first kappa shape index (κ1) is 21.5. The van der Waals surface area contributed by atoms with Crippen LogP contribution in [0.15, 0.2) is 24.3 Å². The summed E-state index contributed by atoms with van der Waals surface area (Å²) in [7, 11) is 1.32. The Hall–Kier alpha value is -3.31. The number of rotatable bonds is 3. The van der Waals surface area contributed by atoms with E-state index in [1.54, 1.807) is 18.2 Å². The molecule has 0 aliphatic carbocycles. The molecule has 3 heterocycles. The number of hydrogen-bond acceptors (Lipinski definition) is 7. The Bertz CT molecular complexity index is 1380. The van der Waals surface area contributed by atoms with E-state index >= 15 is 4.39 Å². The second kappa shape index (κ2) is 7.92. The number of imidazole rings is 1. The van der Waals surface area contributed by atoms with Crippen molar-refractivity contribution in [2.75, 3.05) is 43.9 Å². The smallest absolute Gasteiger partial charge is 0.318 e. The third-order valence-electron chi connectivity index (χ3n) is 5.49. The summed E-state index contributed by atoms with van der Waals surface area (Å²) in [5, 5.41) is 2.96. The zero-order valence-electron chi connectivity index (χ0n) is 17.4. The molecule has 1 fully saturated rings. The van der Waals surface area contributed by atoms with Gasteiger partial charge in [-0.2, -0.15) is 9.97 Å². The first-order chi connectivity index (χ1) is 15.8. The van der Waals surface area contributed by atoms with Crippen molar-refractivity contribution in [1.82, 2.24) is 25.3 Å². The molecule has 2 aromatic carbocycles. The van der Waals surface area contributed by atoms with Crippen LogP contribution in [0.25, 0.3) is 33.1 Å². The van der Waals surface area contributed by atoms with Crippen LogP contribution in [-0.4, -0.2) is 59.1 Å². The molecule has 2 aromatic heterocycles. The van der Waals surface area contributed by atoms with E-state index < -0.39 is 24.8 Å². The quantitative estimate of drug-likeness (QED) is 0.414. The molecule has 0 unspecified atom stereocenters. The number of alkyl halides is 2. The van der Waals surface area contributed by atoms with E-state index in [0.717, 1.165) is 0 Å². The Labute approximate surface area is 190 Å². The normalized spacial score (nSPS) is 16.3. The van der Waals surface area contributed by atoms with Crippen molar-refractivity contribution in [3.05, 3.63) is 35.1 Å². The molecule has 172 valence electrons. The molecule has 8 nitrogen and oxygen atoms in total. The van der Waals surface area contributed by atoms with Crippen LogP contribution in [0.1, 0.15) is 0 Å². The lowest BCUT2D eigenvalue weighted by Gasteiger charge is -2.26. The number of nitrogens with two attached hydrogens (primary N) is 1. The fourth-order valence-corrected chi connectivity index (χ4v) is 4.37. The van der Waals surface area contributed by atoms with Crippen molar-refractivity contribution in [1.29, 1.82) is 0 Å². The lowest BCUT2D eigenvalue weighted by atomic mass is 10.0. The monoisotopic (exact) mass is 477 g/mol. The number of H-pyrrole nitrogens is 1. The number of nitrogens with one attached hydrogen (secondary N) is 2. The minimum Gasteiger partial charge on any atom is -0.467 e. The van der Waals surface area contributed by atoms with Crippen molar-refractivity contribution >= 4 is 45.3 Å². The van der Waals surface area contributed by atoms with Gasteiger partial charge in [-0.3, -0.25) is 0 Å². The lowest BCUT2D eigenvalue weighted by molar-refractivity contribution is 0.0156. The average Bonchev–Trinajstić information content (AvgIpc) is 3.06. The summed E-state index contributed by atoms with van der Waals surface area (Å²) in [6.07, 6.45) is 0. The number of hydrogen-bond donors (Lipinski definition) is 3. The molecule has 33 heavy (non-hydrogen) atoms. The van der Waals surface area contributed by atoms with Crippen LogP contribution in [0.2, 0.25) is 5.02 Å². The maximum absolute atomic E-state index is 16.0. The number of halogens is 4. The Morgan fingerprint density at radius 3 is 2.82 bits per heavy atom. The molecule has 0 bridgehead atoms. The number of nitrogen functional groups attached to an aromatic ring is 1. The van der Waals surface area contributed by atoms with E-state index in [-0.39, 0.29) is 45.8 Å². The van der Waals surface area contributed by atoms with Crippen LogP contribution in [0, 0.1) is 5.82 Å². The molecule has 4 N–H and O–H groups in total. The number of benzene rings is 2. The second-order valence-electron chi connectivity index (χ2n) is 7.76. The molecule has 0 radical (unpaired) electrons. The minimum absolute atomic E-state index is 0.0591. The molecule has 1 aliphatic heterocycles. The van der Waals surface area contributed by atoms with Crippen molar-refractivity contribution in [3.63, 3.8) is 0 Å². The maximum Gasteiger partial charge on any atom is 0.318 e. The summed E-state index contributed by atoms with van der Waals surface area (Å²) in [6, 6.07) is 6.47. The number of para-hydroxylation sites is 1. The Morgan fingerprint density at radius 1 is 1.21 bits per heavy atom. The first-order valence-electron chi connectivity index (χ1n) is 10.1. The summed E-state index contributed by atoms with van der Waals surface area (Å²) in [4.78, 5) is 17.0. The summed E-state index contributed by atoms with van der Waals surface area (Å²) in [5.74, 6) is -3.45. The van der Waals surface area contributed by atoms with Gasteiger partial charge in [-0.1, -0.05) is 23.7 Å². The van der Waals surface area contributed by atoms with Gasteiger partial charge in [-0.15, -0.1) is 0 Å². The van der Waals surface area contributed by atoms with E-state index in [4.69, 9.17) is 22.1 Å². The highest BCUT2D eigenvalue weighted by Gasteiger charge is 2.35. The van der Waals surface area contributed by atoms with E-state index in [0.29, 0.717) is 23.1 Å². The molecular weight excluding hydrogens is 459 g/mol. The fraction of sp³-hybridized carbons (Fsp3) is 0.286. The van der Waals surface area contributed by atoms with Gasteiger partial charge >= 0.3 is 6.01 Å². The third kappa shape index (κ3) is 3.76. The van der Waals surface area contributed by atoms with Gasteiger partial charge in [0.05, 0.1) is 36.3 Å². The average molecular weight is 478 g/mol. The SMILES string of the molecule is COc1nc(N2CCNCC(F)(F)C2)c2cc(Cl)c(-c3cccc4[nH]c(N)nc34)c(F)c2n1. The van der Waals surface area contributed by atoms with E-state index in [2.05, 4.69) is 25.3 Å². The van der Waals surface area contributed by atoms with Gasteiger partial charge in [-0.25, -0.2) is 18.2 Å². The number of fused-ring (bicyclic) bond motifs is 2. The molecular formula is C21H19ClF3N7O. The second-order valence-corrected chi connectivity index (χ2v) is 8.16. The largest absolute Gasteiger partial charge is 0.467 e. The summed E-state index contributed by atoms with van der Waals surface area (Å²) in [5.41, 5.74) is 7.21. The van der Waals surface area contributed by atoms with Crippen molar-refractivity contribution in [3.8, 4) is 17.1 Å². The number of aromatic amines is 1. The highest BCUT2D eigenvalue weighted by Crippen LogP contribution is 2.41. The molecule has 0 atom stereocenters. The van der Waals surface area contributed by atoms with E-state index in [1.165, 1.54) is 18.1 Å². The summed E-state index contributed by atoms with van der Waals surface area (Å²) >= 11 is 6.55. The van der Waals surface area contributed by atoms with Crippen LogP contribution < -0.4 is 20.7 Å². The molecule has 1 aliphatic rings. The van der Waals surface area contributed by atoms with Gasteiger partial charge in [-0.05, 0) is 12.1 Å². The summed E-state index contributed by atoms with van der Waals surface area (Å²) < 4.78 is 49.7. The Morgan fingerprint density at radius 2 is 2.03 bits per heavy atom. The van der Waals surface area contributed by atoms with E-state index in [1.807, 2.05) is 0 Å². The van der Waals surface area contributed by atoms with E-state index in [9.17, 15) is 8.78 Å². The molecule has 0 amide bonds. The van der Waals surface area contributed by atoms with Gasteiger partial charge in [0.15, 0.2) is 11.8 Å². The van der Waals surface area contributed by atoms with Crippen LogP contribution in [0.3, 0.4) is 0 Å². The van der Waals surface area contributed by atoms with Crippen LogP contribution in [0.4, 0.5) is 24.9 Å². The standard InChI is InChI=1S/C21H19ClF3N7O/c1-33-20-30-17-11(18(31-20)32-6-5-27-8-21(24,25)9-32)7-12(22)14(15(17)23)10-3-2-4-13-16(10)29-19(26)28-13/h2-4,7,27H,5-6,8-9H2,1H3,(H3,26,28,29). The third-order valence-corrected chi connectivity index (χ3v) is 5.79. The predicted molar refractivity (Wildman–Crippen MR) is 121 cm³/mol. The molecule has 0 spiro atoms. The van der Waals surface area contributed by atoms with Gasteiger partial charge in [0.2, 0.25) is 0 Å². The fourth-order valence-electron chi connectivity index (χ4n) is 4.07. The van der Waals surface area contributed by atoms with Gasteiger partial charge in [0.25, 0.3) is 5.92 Å². The lowest BCUT2D eigenvalue weighted by Crippen LogP contribution is -2.39. The zero-order valence-corrected chi connectivity index (χ0v) is 18.2. The highest BCUT2D eigenvalue weighted by atomic mass is 35.5. The predicted octanol–water partition coefficient (Wildman–Crippen LogP) is 3.60. The first-order valence-corrected chi connectivity index (χ1v) is 10.5. The number of nitrogens with zero attached hydrogens (tertiary/aromatic N) is 4. The molecule has 12 heteroatoms. The van der Waals surface area contributed by atoms with Crippen LogP contribution >= 0.6 is 11.6 Å². The molecule has 4 aromatic rings. The van der Waals surface area contributed by atoms with Crippen LogP contribution in [-0.2, 0) is 0 Å². The van der Waals surface area contributed by atoms with Crippen LogP contribution in [0.5, 0.6) is 6.01 Å². The zero-order chi connectivity index (χ0) is 23.3. The Kier molecular flexibility index (Phi) is 5.17. The molecule has 5 rings (SSSR count). The van der Waals surface area contributed by atoms with Crippen molar-refractivity contribution < 1.29 is 17.9 Å². The van der Waals surface area contributed by atoms with Gasteiger partial charge < -0.3 is 25.7 Å². The number of ether oxygens (including phenoxy) is 1. The van der Waals surface area contributed by atoms with Crippen molar-refractivity contribution in [2.45, 2.75) is 5.92 Å². The molecule has 1 saturated heterocycles.